The molecule has 29 heavy (non-hydrogen) atoms. The fraction of sp³-hybridized carbons (Fsp3) is 0.391. The fourth-order valence-corrected chi connectivity index (χ4v) is 4.17. The largest absolute Gasteiger partial charge is 0.490 e. The SMILES string of the molecule is CCOc1ccc([C@H](C)NC(=O)CCCc2nc3ccccc3s2)cc1OCC. The molecule has 1 N–H and O–H groups in total. The van der Waals surface area contributed by atoms with Gasteiger partial charge in [-0.05, 0) is 63.4 Å². The van der Waals surface area contributed by atoms with Gasteiger partial charge in [-0.3, -0.25) is 4.79 Å². The molecule has 154 valence electrons. The molecule has 0 fully saturated rings. The minimum absolute atomic E-state index is 0.0467. The molecule has 0 saturated heterocycles. The lowest BCUT2D eigenvalue weighted by Crippen LogP contribution is -2.26. The zero-order valence-electron chi connectivity index (χ0n) is 17.2. The van der Waals surface area contributed by atoms with Crippen LogP contribution < -0.4 is 14.8 Å². The summed E-state index contributed by atoms with van der Waals surface area (Å²) in [6, 6.07) is 13.9. The maximum Gasteiger partial charge on any atom is 0.220 e. The summed E-state index contributed by atoms with van der Waals surface area (Å²) in [5.74, 6) is 1.49. The Morgan fingerprint density at radius 3 is 2.62 bits per heavy atom. The number of benzene rings is 2. The summed E-state index contributed by atoms with van der Waals surface area (Å²) in [5.41, 5.74) is 2.03. The molecule has 0 aliphatic heterocycles. The third-order valence-electron chi connectivity index (χ3n) is 4.58. The van der Waals surface area contributed by atoms with Crippen molar-refractivity contribution in [2.45, 2.75) is 46.1 Å². The van der Waals surface area contributed by atoms with Gasteiger partial charge in [-0.25, -0.2) is 4.98 Å². The first-order chi connectivity index (χ1) is 14.1. The molecular formula is C23H28N2O3S. The second-order valence-electron chi connectivity index (χ2n) is 6.79. The van der Waals surface area contributed by atoms with E-state index < -0.39 is 0 Å². The number of rotatable bonds is 10. The van der Waals surface area contributed by atoms with Gasteiger partial charge >= 0.3 is 0 Å². The lowest BCUT2D eigenvalue weighted by atomic mass is 10.1. The molecule has 5 nitrogen and oxygen atoms in total. The Kier molecular flexibility index (Phi) is 7.47. The standard InChI is InChI=1S/C23H28N2O3S/c1-4-27-19-14-13-17(15-20(19)28-5-2)16(3)24-22(26)11-8-12-23-25-18-9-6-7-10-21(18)29-23/h6-7,9-10,13-16H,4-5,8,11-12H2,1-3H3,(H,24,26)/t16-/m0/s1. The number of hydrogen-bond acceptors (Lipinski definition) is 5. The molecule has 1 heterocycles. The van der Waals surface area contributed by atoms with Crippen molar-refractivity contribution in [1.29, 1.82) is 0 Å². The lowest BCUT2D eigenvalue weighted by Gasteiger charge is -2.17. The summed E-state index contributed by atoms with van der Waals surface area (Å²) in [4.78, 5) is 17.0. The minimum atomic E-state index is -0.0974. The molecule has 0 unspecified atom stereocenters. The van der Waals surface area contributed by atoms with E-state index in [0.717, 1.165) is 34.7 Å². The molecule has 3 rings (SSSR count). The van der Waals surface area contributed by atoms with Crippen molar-refractivity contribution in [1.82, 2.24) is 10.3 Å². The van der Waals surface area contributed by atoms with Gasteiger partial charge in [0, 0.05) is 6.42 Å². The van der Waals surface area contributed by atoms with Crippen LogP contribution in [0.15, 0.2) is 42.5 Å². The quantitative estimate of drug-likeness (QED) is 0.491. The summed E-state index contributed by atoms with van der Waals surface area (Å²) in [6.45, 7) is 7.02. The molecule has 0 aliphatic carbocycles. The molecule has 0 aliphatic rings. The van der Waals surface area contributed by atoms with E-state index in [2.05, 4.69) is 16.4 Å². The number of para-hydroxylation sites is 1. The highest BCUT2D eigenvalue weighted by atomic mass is 32.1. The molecular weight excluding hydrogens is 384 g/mol. The van der Waals surface area contributed by atoms with E-state index in [0.29, 0.717) is 25.4 Å². The van der Waals surface area contributed by atoms with Crippen LogP contribution in [0, 0.1) is 0 Å². The van der Waals surface area contributed by atoms with Crippen molar-refractivity contribution in [3.63, 3.8) is 0 Å². The topological polar surface area (TPSA) is 60.5 Å². The second kappa shape index (κ2) is 10.3. The Morgan fingerprint density at radius 1 is 1.10 bits per heavy atom. The number of ether oxygens (including phenoxy) is 2. The van der Waals surface area contributed by atoms with Crippen molar-refractivity contribution in [3.8, 4) is 11.5 Å². The van der Waals surface area contributed by atoms with E-state index in [4.69, 9.17) is 9.47 Å². The Morgan fingerprint density at radius 2 is 1.86 bits per heavy atom. The molecule has 0 bridgehead atoms. The monoisotopic (exact) mass is 412 g/mol. The van der Waals surface area contributed by atoms with Crippen LogP contribution in [0.3, 0.4) is 0 Å². The highest BCUT2D eigenvalue weighted by molar-refractivity contribution is 7.18. The first-order valence-corrected chi connectivity index (χ1v) is 11.0. The van der Waals surface area contributed by atoms with Gasteiger partial charge < -0.3 is 14.8 Å². The fourth-order valence-electron chi connectivity index (χ4n) is 3.16. The molecule has 3 aromatic rings. The second-order valence-corrected chi connectivity index (χ2v) is 7.91. The van der Waals surface area contributed by atoms with Crippen LogP contribution >= 0.6 is 11.3 Å². The van der Waals surface area contributed by atoms with Gasteiger partial charge in [0.25, 0.3) is 0 Å². The van der Waals surface area contributed by atoms with Crippen molar-refractivity contribution < 1.29 is 14.3 Å². The van der Waals surface area contributed by atoms with Crippen molar-refractivity contribution in [3.05, 3.63) is 53.0 Å². The lowest BCUT2D eigenvalue weighted by molar-refractivity contribution is -0.121. The van der Waals surface area contributed by atoms with Crippen LogP contribution in [0.2, 0.25) is 0 Å². The number of carbonyl (C=O) groups is 1. The van der Waals surface area contributed by atoms with Crippen LogP contribution in [0.1, 0.15) is 50.2 Å². The molecule has 0 spiro atoms. The number of thiazole rings is 1. The van der Waals surface area contributed by atoms with Gasteiger partial charge in [0.15, 0.2) is 11.5 Å². The van der Waals surface area contributed by atoms with Crippen molar-refractivity contribution in [2.75, 3.05) is 13.2 Å². The predicted molar refractivity (Wildman–Crippen MR) is 118 cm³/mol. The zero-order chi connectivity index (χ0) is 20.6. The van der Waals surface area contributed by atoms with Gasteiger partial charge in [-0.1, -0.05) is 18.2 Å². The molecule has 1 atom stereocenters. The van der Waals surface area contributed by atoms with Crippen LogP contribution in [0.25, 0.3) is 10.2 Å². The van der Waals surface area contributed by atoms with E-state index in [1.807, 2.05) is 57.2 Å². The number of fused-ring (bicyclic) bond motifs is 1. The summed E-state index contributed by atoms with van der Waals surface area (Å²) in [6.07, 6.45) is 2.08. The summed E-state index contributed by atoms with van der Waals surface area (Å²) >= 11 is 1.70. The Labute approximate surface area is 176 Å². The molecule has 1 aromatic heterocycles. The highest BCUT2D eigenvalue weighted by Gasteiger charge is 2.13. The van der Waals surface area contributed by atoms with E-state index in [1.165, 1.54) is 4.70 Å². The highest BCUT2D eigenvalue weighted by Crippen LogP contribution is 2.30. The van der Waals surface area contributed by atoms with E-state index >= 15 is 0 Å². The Hall–Kier alpha value is -2.60. The van der Waals surface area contributed by atoms with Crippen LogP contribution in [-0.4, -0.2) is 24.1 Å². The molecule has 0 radical (unpaired) electrons. The third-order valence-corrected chi connectivity index (χ3v) is 5.67. The Bertz CT molecular complexity index is 921. The average Bonchev–Trinajstić information content (AvgIpc) is 3.12. The minimum Gasteiger partial charge on any atom is -0.490 e. The first kappa shape index (κ1) is 21.1. The molecule has 0 saturated carbocycles. The van der Waals surface area contributed by atoms with Gasteiger partial charge in [-0.2, -0.15) is 0 Å². The average molecular weight is 413 g/mol. The smallest absolute Gasteiger partial charge is 0.220 e. The van der Waals surface area contributed by atoms with Crippen molar-refractivity contribution >= 4 is 27.5 Å². The number of nitrogens with one attached hydrogen (secondary N) is 1. The van der Waals surface area contributed by atoms with Gasteiger partial charge in [0.05, 0.1) is 34.5 Å². The van der Waals surface area contributed by atoms with Crippen LogP contribution in [0.4, 0.5) is 0 Å². The van der Waals surface area contributed by atoms with Crippen LogP contribution in [-0.2, 0) is 11.2 Å². The van der Waals surface area contributed by atoms with Gasteiger partial charge in [0.1, 0.15) is 0 Å². The zero-order valence-corrected chi connectivity index (χ0v) is 18.1. The number of hydrogen-bond donors (Lipinski definition) is 1. The number of nitrogens with zero attached hydrogens (tertiary/aromatic N) is 1. The number of aryl methyl sites for hydroxylation is 1. The first-order valence-electron chi connectivity index (χ1n) is 10.1. The molecule has 1 amide bonds. The normalized spacial score (nSPS) is 12.0. The summed E-state index contributed by atoms with van der Waals surface area (Å²) in [5, 5.41) is 4.16. The Balaban J connectivity index is 1.52. The van der Waals surface area contributed by atoms with E-state index in [-0.39, 0.29) is 11.9 Å². The van der Waals surface area contributed by atoms with E-state index in [1.54, 1.807) is 11.3 Å². The molecule has 6 heteroatoms. The maximum atomic E-state index is 12.4. The van der Waals surface area contributed by atoms with E-state index in [9.17, 15) is 4.79 Å². The van der Waals surface area contributed by atoms with Crippen molar-refractivity contribution in [2.24, 2.45) is 0 Å². The summed E-state index contributed by atoms with van der Waals surface area (Å²) in [7, 11) is 0. The predicted octanol–water partition coefficient (Wildman–Crippen LogP) is 5.29. The number of amides is 1. The maximum absolute atomic E-state index is 12.4. The van der Waals surface area contributed by atoms with Crippen LogP contribution in [0.5, 0.6) is 11.5 Å². The summed E-state index contributed by atoms with van der Waals surface area (Å²) < 4.78 is 12.5. The molecule has 2 aromatic carbocycles. The number of carbonyl (C=O) groups excluding carboxylic acids is 1. The third kappa shape index (κ3) is 5.70. The van der Waals surface area contributed by atoms with Gasteiger partial charge in [0.2, 0.25) is 5.91 Å². The van der Waals surface area contributed by atoms with Gasteiger partial charge in [-0.15, -0.1) is 11.3 Å². The number of aromatic nitrogens is 1.